The first-order chi connectivity index (χ1) is 11.6. The van der Waals surface area contributed by atoms with E-state index in [1.807, 2.05) is 30.3 Å². The van der Waals surface area contributed by atoms with Crippen LogP contribution in [0.3, 0.4) is 0 Å². The van der Waals surface area contributed by atoms with Crippen LogP contribution in [0.4, 0.5) is 0 Å². The molecule has 1 saturated carbocycles. The fourth-order valence-electron chi connectivity index (χ4n) is 4.06. The van der Waals surface area contributed by atoms with Crippen molar-refractivity contribution in [3.63, 3.8) is 0 Å². The van der Waals surface area contributed by atoms with Gasteiger partial charge in [0, 0.05) is 10.4 Å². The second-order valence-electron chi connectivity index (χ2n) is 6.28. The molecule has 3 rings (SSSR count). The van der Waals surface area contributed by atoms with Crippen molar-refractivity contribution in [2.45, 2.75) is 25.2 Å². The quantitative estimate of drug-likeness (QED) is 0.730. The number of fused-ring (bicyclic) bond motifs is 1. The molecule has 0 aromatic heterocycles. The van der Waals surface area contributed by atoms with Crippen molar-refractivity contribution in [2.75, 3.05) is 0 Å². The molecule has 0 saturated heterocycles. The molecule has 0 spiro atoms. The van der Waals surface area contributed by atoms with Crippen molar-refractivity contribution in [3.05, 3.63) is 46.0 Å². The van der Waals surface area contributed by atoms with Crippen molar-refractivity contribution in [3.8, 4) is 18.2 Å². The lowest BCUT2D eigenvalue weighted by molar-refractivity contribution is 0.320. The average Bonchev–Trinajstić information content (AvgIpc) is 2.62. The van der Waals surface area contributed by atoms with E-state index in [1.54, 1.807) is 0 Å². The number of allylic oxidation sites excluding steroid dienone is 2. The van der Waals surface area contributed by atoms with Crippen LogP contribution in [0.2, 0.25) is 0 Å². The second-order valence-corrected chi connectivity index (χ2v) is 7.19. The molecule has 0 amide bonds. The van der Waals surface area contributed by atoms with E-state index in [-0.39, 0.29) is 11.6 Å². The summed E-state index contributed by atoms with van der Waals surface area (Å²) in [5.41, 5.74) is 0.128. The Morgan fingerprint density at radius 3 is 2.38 bits per heavy atom. The minimum Gasteiger partial charge on any atom is -0.305 e. The maximum Gasteiger partial charge on any atom is 0.189 e. The van der Waals surface area contributed by atoms with Gasteiger partial charge >= 0.3 is 0 Å². The second kappa shape index (κ2) is 6.23. The van der Waals surface area contributed by atoms with Crippen LogP contribution in [0.1, 0.15) is 30.7 Å². The summed E-state index contributed by atoms with van der Waals surface area (Å²) in [6.45, 7) is 0. The molecule has 0 heterocycles. The zero-order chi connectivity index (χ0) is 17.3. The van der Waals surface area contributed by atoms with Crippen LogP contribution in [0.5, 0.6) is 0 Å². The van der Waals surface area contributed by atoms with Gasteiger partial charge in [0.1, 0.15) is 5.92 Å². The van der Waals surface area contributed by atoms with Crippen molar-refractivity contribution in [1.82, 2.24) is 0 Å². The van der Waals surface area contributed by atoms with E-state index in [2.05, 4.69) is 34.1 Å². The number of hydrogen-bond donors (Lipinski definition) is 1. The molecule has 0 radical (unpaired) electrons. The molecule has 1 N–H and O–H groups in total. The van der Waals surface area contributed by atoms with Crippen molar-refractivity contribution < 1.29 is 0 Å². The average molecular weight is 379 g/mol. The Hall–Kier alpha value is -2.42. The van der Waals surface area contributed by atoms with Gasteiger partial charge in [-0.15, -0.1) is 0 Å². The smallest absolute Gasteiger partial charge is 0.189 e. The zero-order valence-corrected chi connectivity index (χ0v) is 14.5. The van der Waals surface area contributed by atoms with Gasteiger partial charge in [-0.05, 0) is 48.4 Å². The molecule has 1 aromatic carbocycles. The fourth-order valence-corrected chi connectivity index (χ4v) is 4.32. The molecule has 0 bridgehead atoms. The van der Waals surface area contributed by atoms with Gasteiger partial charge in [-0.3, -0.25) is 0 Å². The fraction of sp³-hybridized carbons (Fsp3) is 0.368. The van der Waals surface area contributed by atoms with Crippen LogP contribution in [0.15, 0.2) is 40.4 Å². The number of rotatable bonds is 1. The van der Waals surface area contributed by atoms with E-state index >= 15 is 0 Å². The molecule has 1 aromatic rings. The summed E-state index contributed by atoms with van der Waals surface area (Å²) in [6, 6.07) is 14.0. The Morgan fingerprint density at radius 1 is 1.12 bits per heavy atom. The van der Waals surface area contributed by atoms with Gasteiger partial charge in [-0.25, -0.2) is 0 Å². The minimum atomic E-state index is -1.59. The van der Waals surface area contributed by atoms with Crippen LogP contribution in [0.25, 0.3) is 0 Å². The molecular formula is C19H15BrN4. The first-order valence-electron chi connectivity index (χ1n) is 7.85. The predicted octanol–water partition coefficient (Wildman–Crippen LogP) is 4.47. The Morgan fingerprint density at radius 2 is 1.79 bits per heavy atom. The predicted molar refractivity (Wildman–Crippen MR) is 92.8 cm³/mol. The molecule has 3 atom stereocenters. The Labute approximate surface area is 149 Å². The Kier molecular flexibility index (Phi) is 4.27. The lowest BCUT2D eigenvalue weighted by Gasteiger charge is -2.45. The van der Waals surface area contributed by atoms with E-state index in [4.69, 9.17) is 5.41 Å². The van der Waals surface area contributed by atoms with Gasteiger partial charge in [0.05, 0.1) is 23.9 Å². The number of nitriles is 3. The first kappa shape index (κ1) is 16.4. The maximum absolute atomic E-state index is 9.85. The molecule has 24 heavy (non-hydrogen) atoms. The van der Waals surface area contributed by atoms with Crippen molar-refractivity contribution >= 4 is 21.6 Å². The third-order valence-corrected chi connectivity index (χ3v) is 5.68. The minimum absolute atomic E-state index is 0.0435. The monoisotopic (exact) mass is 378 g/mol. The largest absolute Gasteiger partial charge is 0.305 e. The van der Waals surface area contributed by atoms with Gasteiger partial charge in [-0.1, -0.05) is 34.1 Å². The summed E-state index contributed by atoms with van der Waals surface area (Å²) in [5.74, 6) is -1.22. The van der Waals surface area contributed by atoms with Crippen LogP contribution in [0, 0.1) is 56.7 Å². The van der Waals surface area contributed by atoms with E-state index in [9.17, 15) is 15.8 Å². The normalized spacial score (nSPS) is 27.8. The third kappa shape index (κ3) is 2.27. The highest BCUT2D eigenvalue weighted by Gasteiger charge is 2.57. The lowest BCUT2D eigenvalue weighted by atomic mass is 9.53. The molecule has 2 aliphatic carbocycles. The molecule has 2 aliphatic rings. The SMILES string of the molecule is N#C[C@@H]1C(=N)C(C#N)(C#N)[C@@H](c2ccc(Br)cc2)[C@H]2CCCC=C12. The standard InChI is InChI=1S/C19H15BrN4/c20-13-7-5-12(6-8-13)17-15-4-2-1-3-14(15)16(9-21)18(24)19(17,10-22)11-23/h3,5-8,15-17,24H,1-2,4H2/t15-,16-,17-/m0/s1. The molecular weight excluding hydrogens is 364 g/mol. The zero-order valence-electron chi connectivity index (χ0n) is 13.0. The van der Waals surface area contributed by atoms with E-state index < -0.39 is 17.3 Å². The topological polar surface area (TPSA) is 95.2 Å². The van der Waals surface area contributed by atoms with Crippen molar-refractivity contribution in [1.29, 1.82) is 21.2 Å². The maximum atomic E-state index is 9.85. The lowest BCUT2D eigenvalue weighted by Crippen LogP contribution is -2.48. The highest BCUT2D eigenvalue weighted by Crippen LogP contribution is 2.55. The molecule has 4 nitrogen and oxygen atoms in total. The summed E-state index contributed by atoms with van der Waals surface area (Å²) in [4.78, 5) is 0. The number of benzene rings is 1. The number of nitrogens with zero attached hydrogens (tertiary/aromatic N) is 3. The summed E-state index contributed by atoms with van der Waals surface area (Å²) in [7, 11) is 0. The van der Waals surface area contributed by atoms with Gasteiger partial charge in [0.25, 0.3) is 0 Å². The van der Waals surface area contributed by atoms with Gasteiger partial charge in [-0.2, -0.15) is 15.8 Å². The summed E-state index contributed by atoms with van der Waals surface area (Å²) < 4.78 is 0.922. The van der Waals surface area contributed by atoms with Gasteiger partial charge in [0.2, 0.25) is 0 Å². The Bertz CT molecular complexity index is 818. The van der Waals surface area contributed by atoms with Crippen LogP contribution >= 0.6 is 15.9 Å². The summed E-state index contributed by atoms with van der Waals surface area (Å²) in [5, 5.41) is 37.7. The van der Waals surface area contributed by atoms with Crippen molar-refractivity contribution in [2.24, 2.45) is 17.3 Å². The third-order valence-electron chi connectivity index (χ3n) is 5.15. The van der Waals surface area contributed by atoms with Gasteiger partial charge in [0.15, 0.2) is 5.41 Å². The van der Waals surface area contributed by atoms with E-state index in [0.717, 1.165) is 34.9 Å². The molecule has 118 valence electrons. The number of hydrogen-bond acceptors (Lipinski definition) is 4. The van der Waals surface area contributed by atoms with Crippen LogP contribution in [-0.4, -0.2) is 5.71 Å². The summed E-state index contributed by atoms with van der Waals surface area (Å²) >= 11 is 3.41. The molecule has 0 unspecified atom stereocenters. The molecule has 5 heteroatoms. The molecule has 0 aliphatic heterocycles. The Balaban J connectivity index is 2.24. The summed E-state index contributed by atoms with van der Waals surface area (Å²) in [6.07, 6.45) is 4.74. The highest BCUT2D eigenvalue weighted by atomic mass is 79.9. The van der Waals surface area contributed by atoms with E-state index in [1.165, 1.54) is 0 Å². The number of nitrogens with one attached hydrogen (secondary N) is 1. The molecule has 1 fully saturated rings. The first-order valence-corrected chi connectivity index (χ1v) is 8.64. The van der Waals surface area contributed by atoms with E-state index in [0.29, 0.717) is 0 Å². The highest BCUT2D eigenvalue weighted by molar-refractivity contribution is 9.10. The van der Waals surface area contributed by atoms with Crippen LogP contribution < -0.4 is 0 Å². The number of halogens is 1. The van der Waals surface area contributed by atoms with Gasteiger partial charge < -0.3 is 5.41 Å². The van der Waals surface area contributed by atoms with Crippen LogP contribution in [-0.2, 0) is 0 Å².